The first-order valence-corrected chi connectivity index (χ1v) is 7.81. The molecule has 2 rings (SSSR count). The highest BCUT2D eigenvalue weighted by molar-refractivity contribution is 5.89. The summed E-state index contributed by atoms with van der Waals surface area (Å²) < 4.78 is 1.42. The molecule has 2 amide bonds. The van der Waals surface area contributed by atoms with E-state index in [0.29, 0.717) is 12.2 Å². The Labute approximate surface area is 142 Å². The third kappa shape index (κ3) is 4.70. The Balaban J connectivity index is 1.98. The van der Waals surface area contributed by atoms with Gasteiger partial charge in [-0.05, 0) is 32.6 Å². The molecule has 2 aromatic rings. The molecular formula is C18H24N4O2. The molecule has 0 aliphatic heterocycles. The summed E-state index contributed by atoms with van der Waals surface area (Å²) in [7, 11) is 5.61. The summed E-state index contributed by atoms with van der Waals surface area (Å²) in [5.41, 5.74) is 2.81. The van der Waals surface area contributed by atoms with Crippen LogP contribution in [-0.4, -0.2) is 36.1 Å². The van der Waals surface area contributed by atoms with Crippen molar-refractivity contribution in [3.05, 3.63) is 64.1 Å². The van der Waals surface area contributed by atoms with E-state index in [2.05, 4.69) is 39.8 Å². The van der Waals surface area contributed by atoms with Crippen LogP contribution in [0.4, 0.5) is 10.5 Å². The molecule has 0 fully saturated rings. The lowest BCUT2D eigenvalue weighted by Gasteiger charge is -2.25. The van der Waals surface area contributed by atoms with Gasteiger partial charge in [-0.2, -0.15) is 0 Å². The monoisotopic (exact) mass is 328 g/mol. The SMILES string of the molecule is Cc1ccc([C@@H](CNC(=O)Nc2ccc(=O)n(C)c2)N(C)C)cc1. The van der Waals surface area contributed by atoms with Crippen LogP contribution >= 0.6 is 0 Å². The van der Waals surface area contributed by atoms with E-state index < -0.39 is 0 Å². The summed E-state index contributed by atoms with van der Waals surface area (Å²) in [5, 5.41) is 5.62. The molecule has 1 heterocycles. The smallest absolute Gasteiger partial charge is 0.319 e. The first-order valence-electron chi connectivity index (χ1n) is 7.81. The van der Waals surface area contributed by atoms with E-state index in [1.54, 1.807) is 19.3 Å². The molecule has 0 saturated carbocycles. The number of hydrogen-bond donors (Lipinski definition) is 2. The second-order valence-electron chi connectivity index (χ2n) is 6.09. The molecule has 0 saturated heterocycles. The molecule has 0 spiro atoms. The van der Waals surface area contributed by atoms with Crippen LogP contribution in [0.25, 0.3) is 0 Å². The van der Waals surface area contributed by atoms with Gasteiger partial charge in [0.2, 0.25) is 5.56 Å². The number of rotatable bonds is 5. The van der Waals surface area contributed by atoms with E-state index >= 15 is 0 Å². The van der Waals surface area contributed by atoms with Gasteiger partial charge in [-0.1, -0.05) is 29.8 Å². The molecule has 6 nitrogen and oxygen atoms in total. The fourth-order valence-electron chi connectivity index (χ4n) is 2.42. The maximum Gasteiger partial charge on any atom is 0.319 e. The molecule has 1 atom stereocenters. The van der Waals surface area contributed by atoms with Crippen molar-refractivity contribution < 1.29 is 4.79 Å². The number of amides is 2. The molecule has 24 heavy (non-hydrogen) atoms. The summed E-state index contributed by atoms with van der Waals surface area (Å²) in [6.07, 6.45) is 1.59. The summed E-state index contributed by atoms with van der Waals surface area (Å²) in [6, 6.07) is 11.1. The van der Waals surface area contributed by atoms with Crippen molar-refractivity contribution >= 4 is 11.7 Å². The number of pyridine rings is 1. The number of benzene rings is 1. The topological polar surface area (TPSA) is 66.4 Å². The minimum atomic E-state index is -0.299. The van der Waals surface area contributed by atoms with E-state index in [1.165, 1.54) is 16.2 Å². The maximum absolute atomic E-state index is 12.1. The van der Waals surface area contributed by atoms with E-state index in [4.69, 9.17) is 0 Å². The third-order valence-electron chi connectivity index (χ3n) is 3.89. The summed E-state index contributed by atoms with van der Waals surface area (Å²) >= 11 is 0. The van der Waals surface area contributed by atoms with Gasteiger partial charge in [0, 0.05) is 25.9 Å². The van der Waals surface area contributed by atoms with E-state index in [0.717, 1.165) is 5.56 Å². The molecule has 0 unspecified atom stereocenters. The molecule has 0 bridgehead atoms. The number of likely N-dealkylation sites (N-methyl/N-ethyl adjacent to an activating group) is 1. The quantitative estimate of drug-likeness (QED) is 0.883. The zero-order valence-electron chi connectivity index (χ0n) is 14.5. The van der Waals surface area contributed by atoms with Crippen LogP contribution in [0.3, 0.4) is 0 Å². The highest BCUT2D eigenvalue weighted by atomic mass is 16.2. The third-order valence-corrected chi connectivity index (χ3v) is 3.89. The van der Waals surface area contributed by atoms with Crippen molar-refractivity contribution in [3.8, 4) is 0 Å². The highest BCUT2D eigenvalue weighted by Gasteiger charge is 2.15. The Bertz CT molecular complexity index is 750. The van der Waals surface area contributed by atoms with Crippen LogP contribution < -0.4 is 16.2 Å². The normalized spacial score (nSPS) is 12.0. The van der Waals surface area contributed by atoms with Crippen molar-refractivity contribution in [3.63, 3.8) is 0 Å². The lowest BCUT2D eigenvalue weighted by Crippen LogP contribution is -2.37. The average molecular weight is 328 g/mol. The Morgan fingerprint density at radius 2 is 1.83 bits per heavy atom. The molecule has 0 aliphatic rings. The molecule has 1 aromatic heterocycles. The van der Waals surface area contributed by atoms with Crippen molar-refractivity contribution in [1.29, 1.82) is 0 Å². The number of nitrogens with zero attached hydrogens (tertiary/aromatic N) is 2. The number of carbonyl (C=O) groups excluding carboxylic acids is 1. The lowest BCUT2D eigenvalue weighted by molar-refractivity contribution is 0.243. The Kier molecular flexibility index (Phi) is 5.76. The number of aryl methyl sites for hydroxylation is 2. The molecule has 0 radical (unpaired) electrons. The second-order valence-corrected chi connectivity index (χ2v) is 6.09. The van der Waals surface area contributed by atoms with E-state index in [9.17, 15) is 9.59 Å². The van der Waals surface area contributed by atoms with Gasteiger partial charge in [-0.25, -0.2) is 4.79 Å². The molecular weight excluding hydrogens is 304 g/mol. The number of carbonyl (C=O) groups is 1. The highest BCUT2D eigenvalue weighted by Crippen LogP contribution is 2.18. The largest absolute Gasteiger partial charge is 0.336 e. The summed E-state index contributed by atoms with van der Waals surface area (Å²) in [4.78, 5) is 25.5. The zero-order valence-corrected chi connectivity index (χ0v) is 14.5. The fraction of sp³-hybridized carbons (Fsp3) is 0.333. The van der Waals surface area contributed by atoms with Crippen molar-refractivity contribution in [2.75, 3.05) is 26.0 Å². The van der Waals surface area contributed by atoms with Gasteiger partial charge in [0.25, 0.3) is 0 Å². The van der Waals surface area contributed by atoms with Gasteiger partial charge < -0.3 is 20.1 Å². The molecule has 2 N–H and O–H groups in total. The minimum Gasteiger partial charge on any atom is -0.336 e. The first-order chi connectivity index (χ1) is 11.4. The van der Waals surface area contributed by atoms with Gasteiger partial charge in [0.05, 0.1) is 11.7 Å². The number of hydrogen-bond acceptors (Lipinski definition) is 3. The maximum atomic E-state index is 12.1. The number of anilines is 1. The fourth-order valence-corrected chi connectivity index (χ4v) is 2.42. The molecule has 0 aliphatic carbocycles. The molecule has 6 heteroatoms. The van der Waals surface area contributed by atoms with Crippen LogP contribution in [-0.2, 0) is 7.05 Å². The Hall–Kier alpha value is -2.60. The van der Waals surface area contributed by atoms with Crippen LogP contribution in [0.15, 0.2) is 47.4 Å². The van der Waals surface area contributed by atoms with Crippen molar-refractivity contribution in [2.24, 2.45) is 7.05 Å². The summed E-state index contributed by atoms with van der Waals surface area (Å²) in [5.74, 6) is 0. The predicted octanol–water partition coefficient (Wildman–Crippen LogP) is 2.12. The van der Waals surface area contributed by atoms with Gasteiger partial charge >= 0.3 is 6.03 Å². The lowest BCUT2D eigenvalue weighted by atomic mass is 10.0. The van der Waals surface area contributed by atoms with Crippen molar-refractivity contribution in [2.45, 2.75) is 13.0 Å². The summed E-state index contributed by atoms with van der Waals surface area (Å²) in [6.45, 7) is 2.53. The van der Waals surface area contributed by atoms with E-state index in [1.807, 2.05) is 21.0 Å². The van der Waals surface area contributed by atoms with Gasteiger partial charge in [0.15, 0.2) is 0 Å². The number of urea groups is 1. The average Bonchev–Trinajstić information content (AvgIpc) is 2.52. The first kappa shape index (κ1) is 17.7. The van der Waals surface area contributed by atoms with Crippen LogP contribution in [0.1, 0.15) is 17.2 Å². The van der Waals surface area contributed by atoms with Gasteiger partial charge in [0.1, 0.15) is 0 Å². The van der Waals surface area contributed by atoms with Gasteiger partial charge in [-0.3, -0.25) is 4.79 Å². The van der Waals surface area contributed by atoms with Crippen molar-refractivity contribution in [1.82, 2.24) is 14.8 Å². The minimum absolute atomic E-state index is 0.0801. The van der Waals surface area contributed by atoms with E-state index in [-0.39, 0.29) is 17.6 Å². The number of aromatic nitrogens is 1. The second kappa shape index (κ2) is 7.79. The van der Waals surface area contributed by atoms with Crippen LogP contribution in [0, 0.1) is 6.92 Å². The molecule has 1 aromatic carbocycles. The zero-order chi connectivity index (χ0) is 17.7. The Morgan fingerprint density at radius 3 is 2.42 bits per heavy atom. The number of nitrogens with one attached hydrogen (secondary N) is 2. The van der Waals surface area contributed by atoms with Crippen LogP contribution in [0.5, 0.6) is 0 Å². The van der Waals surface area contributed by atoms with Crippen LogP contribution in [0.2, 0.25) is 0 Å². The Morgan fingerprint density at radius 1 is 1.17 bits per heavy atom. The molecule has 128 valence electrons. The standard InChI is InChI=1S/C18H24N4O2/c1-13-5-7-14(8-6-13)16(21(2)3)11-19-18(24)20-15-9-10-17(23)22(4)12-15/h5-10,12,16H,11H2,1-4H3,(H2,19,20,24)/t16-/m1/s1. The van der Waals surface area contributed by atoms with Gasteiger partial charge in [-0.15, -0.1) is 0 Å². The predicted molar refractivity (Wildman–Crippen MR) is 96.3 cm³/mol.